The average molecular weight is 397 g/mol. The number of nitrogens with zero attached hydrogens (tertiary/aromatic N) is 5. The molecule has 2 unspecified atom stereocenters. The summed E-state index contributed by atoms with van der Waals surface area (Å²) in [5.41, 5.74) is 1.81. The third-order valence-electron chi connectivity index (χ3n) is 6.49. The Labute approximate surface area is 173 Å². The predicted octanol–water partition coefficient (Wildman–Crippen LogP) is 2.33. The molecule has 4 rings (SSSR count). The molecule has 1 aromatic heterocycles. The highest BCUT2D eigenvalue weighted by Gasteiger charge is 2.31. The fourth-order valence-electron chi connectivity index (χ4n) is 4.57. The first kappa shape index (κ1) is 20.0. The van der Waals surface area contributed by atoms with E-state index in [0.717, 1.165) is 51.9 Å². The fourth-order valence-corrected chi connectivity index (χ4v) is 4.57. The van der Waals surface area contributed by atoms with Crippen molar-refractivity contribution in [2.24, 2.45) is 0 Å². The topological polar surface area (TPSA) is 66.3 Å². The van der Waals surface area contributed by atoms with Crippen LogP contribution in [0.4, 0.5) is 0 Å². The number of rotatable bonds is 5. The first-order valence-electron chi connectivity index (χ1n) is 10.8. The van der Waals surface area contributed by atoms with Crippen LogP contribution in [0.1, 0.15) is 54.7 Å². The molecular weight excluding hydrogens is 364 g/mol. The Kier molecular flexibility index (Phi) is 6.25. The molecule has 3 heterocycles. The average Bonchev–Trinajstić information content (AvgIpc) is 3.26. The number of likely N-dealkylation sites (tertiary alicyclic amines) is 1. The largest absolute Gasteiger partial charge is 0.337 e. The van der Waals surface area contributed by atoms with Crippen molar-refractivity contribution < 1.29 is 4.79 Å². The third kappa shape index (κ3) is 4.67. The van der Waals surface area contributed by atoms with Gasteiger partial charge in [0.05, 0.1) is 12.2 Å². The van der Waals surface area contributed by atoms with Crippen LogP contribution in [0.3, 0.4) is 0 Å². The molecule has 2 fully saturated rings. The molecule has 2 saturated heterocycles. The van der Waals surface area contributed by atoms with E-state index in [9.17, 15) is 4.79 Å². The minimum atomic E-state index is -0.0149. The molecule has 2 atom stereocenters. The number of amides is 1. The first-order chi connectivity index (χ1) is 14.1. The number of piperidine rings is 2. The predicted molar refractivity (Wildman–Crippen MR) is 113 cm³/mol. The molecule has 2 aliphatic rings. The summed E-state index contributed by atoms with van der Waals surface area (Å²) in [7, 11) is 1.91. The zero-order valence-corrected chi connectivity index (χ0v) is 17.5. The zero-order valence-electron chi connectivity index (χ0n) is 17.5. The van der Waals surface area contributed by atoms with Crippen molar-refractivity contribution in [2.75, 3.05) is 26.7 Å². The van der Waals surface area contributed by atoms with Crippen molar-refractivity contribution in [3.05, 3.63) is 47.8 Å². The Morgan fingerprint density at radius 3 is 2.69 bits per heavy atom. The summed E-state index contributed by atoms with van der Waals surface area (Å²) in [5.74, 6) is -0.0149. The Bertz CT molecular complexity index is 801. The minimum Gasteiger partial charge on any atom is -0.337 e. The number of hydrogen-bond acceptors (Lipinski definition) is 5. The van der Waals surface area contributed by atoms with Gasteiger partial charge in [0.15, 0.2) is 5.69 Å². The van der Waals surface area contributed by atoms with E-state index >= 15 is 0 Å². The summed E-state index contributed by atoms with van der Waals surface area (Å²) in [4.78, 5) is 17.4. The van der Waals surface area contributed by atoms with E-state index in [0.29, 0.717) is 17.8 Å². The molecule has 7 heteroatoms. The van der Waals surface area contributed by atoms with Crippen LogP contribution in [0, 0.1) is 0 Å². The number of aromatic nitrogens is 3. The van der Waals surface area contributed by atoms with Crippen LogP contribution in [0.15, 0.2) is 36.5 Å². The van der Waals surface area contributed by atoms with Crippen LogP contribution in [0.2, 0.25) is 0 Å². The van der Waals surface area contributed by atoms with Gasteiger partial charge in [0.25, 0.3) is 5.91 Å². The van der Waals surface area contributed by atoms with Gasteiger partial charge in [-0.25, -0.2) is 4.68 Å². The Morgan fingerprint density at radius 1 is 1.21 bits per heavy atom. The molecule has 0 saturated carbocycles. The fraction of sp³-hybridized carbons (Fsp3) is 0.591. The smallest absolute Gasteiger partial charge is 0.276 e. The maximum atomic E-state index is 13.0. The van der Waals surface area contributed by atoms with Crippen LogP contribution in [-0.2, 0) is 6.54 Å². The van der Waals surface area contributed by atoms with Crippen LogP contribution >= 0.6 is 0 Å². The lowest BCUT2D eigenvalue weighted by Gasteiger charge is -2.41. The monoisotopic (exact) mass is 396 g/mol. The quantitative estimate of drug-likeness (QED) is 0.840. The first-order valence-corrected chi connectivity index (χ1v) is 10.8. The van der Waals surface area contributed by atoms with Crippen LogP contribution in [-0.4, -0.2) is 69.5 Å². The number of hydrogen-bond donors (Lipinski definition) is 1. The second kappa shape index (κ2) is 9.05. The van der Waals surface area contributed by atoms with E-state index in [4.69, 9.17) is 0 Å². The van der Waals surface area contributed by atoms with Gasteiger partial charge in [-0.15, -0.1) is 5.10 Å². The van der Waals surface area contributed by atoms with Crippen LogP contribution < -0.4 is 5.32 Å². The molecule has 1 N–H and O–H groups in total. The summed E-state index contributed by atoms with van der Waals surface area (Å²) in [6.07, 6.45) is 5.87. The van der Waals surface area contributed by atoms with E-state index in [1.807, 2.05) is 22.8 Å². The summed E-state index contributed by atoms with van der Waals surface area (Å²) in [6.45, 7) is 6.22. The molecule has 1 amide bonds. The van der Waals surface area contributed by atoms with Crippen LogP contribution in [0.25, 0.3) is 0 Å². The maximum absolute atomic E-state index is 13.0. The highest BCUT2D eigenvalue weighted by Crippen LogP contribution is 2.24. The van der Waals surface area contributed by atoms with E-state index in [2.05, 4.69) is 57.8 Å². The maximum Gasteiger partial charge on any atom is 0.276 e. The lowest BCUT2D eigenvalue weighted by Crippen LogP contribution is -2.49. The van der Waals surface area contributed by atoms with Crippen molar-refractivity contribution in [3.63, 3.8) is 0 Å². The van der Waals surface area contributed by atoms with Gasteiger partial charge in [0.1, 0.15) is 0 Å². The lowest BCUT2D eigenvalue weighted by molar-refractivity contribution is 0.0533. The zero-order chi connectivity index (χ0) is 20.2. The van der Waals surface area contributed by atoms with E-state index in [1.165, 1.54) is 5.56 Å². The highest BCUT2D eigenvalue weighted by atomic mass is 16.2. The number of benzene rings is 1. The van der Waals surface area contributed by atoms with Gasteiger partial charge in [-0.3, -0.25) is 9.69 Å². The van der Waals surface area contributed by atoms with Gasteiger partial charge in [-0.05, 0) is 51.3 Å². The molecule has 0 radical (unpaired) electrons. The van der Waals surface area contributed by atoms with Gasteiger partial charge in [0.2, 0.25) is 0 Å². The molecular formula is C22H32N6O. The summed E-state index contributed by atoms with van der Waals surface area (Å²) < 4.78 is 1.88. The van der Waals surface area contributed by atoms with Gasteiger partial charge in [0, 0.05) is 32.2 Å². The molecule has 2 aliphatic heterocycles. The Hall–Kier alpha value is -2.25. The Morgan fingerprint density at radius 2 is 1.97 bits per heavy atom. The van der Waals surface area contributed by atoms with Gasteiger partial charge < -0.3 is 10.2 Å². The van der Waals surface area contributed by atoms with Crippen molar-refractivity contribution >= 4 is 5.91 Å². The summed E-state index contributed by atoms with van der Waals surface area (Å²) in [6, 6.07) is 11.6. The van der Waals surface area contributed by atoms with E-state index in [-0.39, 0.29) is 11.9 Å². The summed E-state index contributed by atoms with van der Waals surface area (Å²) >= 11 is 0. The number of carbonyl (C=O) groups is 1. The SMILES string of the molecule is CC1CC(N(C)C(=O)c2cn(C3CCNCC3)nn2)CCN1Cc1ccccc1. The van der Waals surface area contributed by atoms with Gasteiger partial charge in [-0.2, -0.15) is 0 Å². The lowest BCUT2D eigenvalue weighted by atomic mass is 9.96. The number of carbonyl (C=O) groups excluding carboxylic acids is 1. The Balaban J connectivity index is 1.34. The van der Waals surface area contributed by atoms with Crippen molar-refractivity contribution in [1.82, 2.24) is 30.1 Å². The third-order valence-corrected chi connectivity index (χ3v) is 6.49. The molecule has 1 aromatic carbocycles. The van der Waals surface area contributed by atoms with Gasteiger partial charge >= 0.3 is 0 Å². The van der Waals surface area contributed by atoms with Crippen molar-refractivity contribution in [3.8, 4) is 0 Å². The molecule has 0 bridgehead atoms. The minimum absolute atomic E-state index is 0.0149. The summed E-state index contributed by atoms with van der Waals surface area (Å²) in [5, 5.41) is 11.8. The second-order valence-electron chi connectivity index (χ2n) is 8.46. The standard InChI is InChI=1S/C22H32N6O/c1-17-14-20(10-13-27(17)15-18-6-4-3-5-7-18)26(2)22(29)21-16-28(25-24-21)19-8-11-23-12-9-19/h3-7,16-17,19-20,23H,8-15H2,1-2H3. The molecule has 7 nitrogen and oxygen atoms in total. The molecule has 29 heavy (non-hydrogen) atoms. The number of nitrogens with one attached hydrogen (secondary N) is 1. The van der Waals surface area contributed by atoms with E-state index in [1.54, 1.807) is 0 Å². The highest BCUT2D eigenvalue weighted by molar-refractivity contribution is 5.92. The van der Waals surface area contributed by atoms with Crippen molar-refractivity contribution in [1.29, 1.82) is 0 Å². The molecule has 156 valence electrons. The normalized spacial score (nSPS) is 23.8. The van der Waals surface area contributed by atoms with Crippen molar-refractivity contribution in [2.45, 2.75) is 57.3 Å². The molecule has 2 aromatic rings. The second-order valence-corrected chi connectivity index (χ2v) is 8.46. The molecule has 0 spiro atoms. The molecule has 0 aliphatic carbocycles. The van der Waals surface area contributed by atoms with E-state index < -0.39 is 0 Å². The van der Waals surface area contributed by atoms with Crippen LogP contribution in [0.5, 0.6) is 0 Å². The van der Waals surface area contributed by atoms with Gasteiger partial charge in [-0.1, -0.05) is 35.5 Å².